The number of carbonyl (C=O) groups excluding carboxylic acids is 2. The van der Waals surface area contributed by atoms with E-state index in [2.05, 4.69) is 10.6 Å². The maximum absolute atomic E-state index is 13.0. The molecule has 0 aliphatic carbocycles. The van der Waals surface area contributed by atoms with Crippen molar-refractivity contribution in [2.24, 2.45) is 5.92 Å². The van der Waals surface area contributed by atoms with E-state index in [1.54, 1.807) is 36.4 Å². The second-order valence-electron chi connectivity index (χ2n) is 9.44. The number of carbonyl (C=O) groups is 2. The molecule has 0 saturated carbocycles. The molecule has 2 aromatic rings. The minimum atomic E-state index is -3.66. The molecule has 0 radical (unpaired) electrons. The molecule has 0 aromatic heterocycles. The van der Waals surface area contributed by atoms with Gasteiger partial charge in [0.05, 0.1) is 33.0 Å². The van der Waals surface area contributed by atoms with Gasteiger partial charge >= 0.3 is 0 Å². The molecule has 10 heteroatoms. The minimum absolute atomic E-state index is 0.0752. The predicted octanol–water partition coefficient (Wildman–Crippen LogP) is 4.70. The molecule has 1 unspecified atom stereocenters. The Morgan fingerprint density at radius 2 is 1.79 bits per heavy atom. The Labute approximate surface area is 210 Å². The number of benzene rings is 2. The number of hydrogen-bond acceptors (Lipinski definition) is 4. The van der Waals surface area contributed by atoms with Crippen molar-refractivity contribution in [2.45, 2.75) is 44.9 Å². The van der Waals surface area contributed by atoms with Gasteiger partial charge in [0.1, 0.15) is 0 Å². The van der Waals surface area contributed by atoms with Gasteiger partial charge in [0.25, 0.3) is 5.91 Å². The Bertz CT molecular complexity index is 1180. The van der Waals surface area contributed by atoms with Gasteiger partial charge in [-0.15, -0.1) is 0 Å². The Morgan fingerprint density at radius 1 is 1.09 bits per heavy atom. The first-order valence-corrected chi connectivity index (χ1v) is 13.4. The lowest BCUT2D eigenvalue weighted by molar-refractivity contribution is -0.120. The van der Waals surface area contributed by atoms with Crippen LogP contribution in [0.3, 0.4) is 0 Å². The molecular weight excluding hydrogens is 497 g/mol. The number of amides is 2. The minimum Gasteiger partial charge on any atom is -0.347 e. The van der Waals surface area contributed by atoms with Crippen molar-refractivity contribution in [2.75, 3.05) is 18.4 Å². The van der Waals surface area contributed by atoms with Gasteiger partial charge in [-0.2, -0.15) is 0 Å². The van der Waals surface area contributed by atoms with Crippen LogP contribution in [0.4, 0.5) is 5.69 Å². The van der Waals surface area contributed by atoms with Crippen molar-refractivity contribution in [1.82, 2.24) is 9.62 Å². The summed E-state index contributed by atoms with van der Waals surface area (Å²) in [6.07, 6.45) is 1.12. The van der Waals surface area contributed by atoms with Crippen molar-refractivity contribution < 1.29 is 18.0 Å². The molecule has 0 spiro atoms. The number of anilines is 1. The average Bonchev–Trinajstić information content (AvgIpc) is 2.75. The fraction of sp³-hybridized carbons (Fsp3) is 0.417. The van der Waals surface area contributed by atoms with Gasteiger partial charge < -0.3 is 10.6 Å². The number of rotatable bonds is 6. The van der Waals surface area contributed by atoms with E-state index < -0.39 is 21.5 Å². The van der Waals surface area contributed by atoms with Crippen molar-refractivity contribution in [3.8, 4) is 0 Å². The van der Waals surface area contributed by atoms with Crippen LogP contribution in [-0.4, -0.2) is 43.2 Å². The highest BCUT2D eigenvalue weighted by Crippen LogP contribution is 2.27. The number of hydrogen-bond donors (Lipinski definition) is 2. The molecule has 2 aromatic carbocycles. The topological polar surface area (TPSA) is 95.6 Å². The van der Waals surface area contributed by atoms with Crippen LogP contribution < -0.4 is 10.6 Å². The zero-order chi connectivity index (χ0) is 25.1. The quantitative estimate of drug-likeness (QED) is 0.571. The molecule has 1 atom stereocenters. The zero-order valence-corrected chi connectivity index (χ0v) is 21.7. The summed E-state index contributed by atoms with van der Waals surface area (Å²) in [5.41, 5.74) is 0.844. The second-order valence-corrected chi connectivity index (χ2v) is 12.2. The Morgan fingerprint density at radius 3 is 2.47 bits per heavy atom. The van der Waals surface area contributed by atoms with Gasteiger partial charge in [0.2, 0.25) is 15.9 Å². The summed E-state index contributed by atoms with van der Waals surface area (Å²) in [4.78, 5) is 25.7. The summed E-state index contributed by atoms with van der Waals surface area (Å²) in [5.74, 6) is -1.37. The van der Waals surface area contributed by atoms with Crippen LogP contribution in [0.5, 0.6) is 0 Å². The Kier molecular flexibility index (Phi) is 8.29. The zero-order valence-electron chi connectivity index (χ0n) is 19.4. The van der Waals surface area contributed by atoms with Gasteiger partial charge in [-0.3, -0.25) is 9.59 Å². The van der Waals surface area contributed by atoms with Gasteiger partial charge in [0.15, 0.2) is 0 Å². The van der Waals surface area contributed by atoms with Crippen molar-refractivity contribution in [1.29, 1.82) is 0 Å². The van der Waals surface area contributed by atoms with E-state index in [1.165, 1.54) is 10.4 Å². The monoisotopic (exact) mass is 525 g/mol. The summed E-state index contributed by atoms with van der Waals surface area (Å²) in [6, 6.07) is 11.5. The van der Waals surface area contributed by atoms with Crippen LogP contribution in [0.2, 0.25) is 10.0 Å². The largest absolute Gasteiger partial charge is 0.347 e. The fourth-order valence-electron chi connectivity index (χ4n) is 3.77. The van der Waals surface area contributed by atoms with E-state index in [9.17, 15) is 18.0 Å². The lowest BCUT2D eigenvalue weighted by Crippen LogP contribution is -2.44. The standard InChI is InChI=1S/C24H29Cl2N3O4S/c1-24(2,3)28-23(31)18-8-4-5-9-21(18)27-22(30)17-7-6-12-29(14-17)34(32,33)15-16-10-11-19(25)20(26)13-16/h4-5,8-11,13,17H,6-7,12,14-15H2,1-3H3,(H,27,30)(H,28,31). The van der Waals surface area contributed by atoms with Gasteiger partial charge in [-0.05, 0) is 63.4 Å². The molecule has 1 aliphatic heterocycles. The number of para-hydroxylation sites is 1. The smallest absolute Gasteiger partial charge is 0.253 e. The van der Waals surface area contributed by atoms with Gasteiger partial charge in [-0.1, -0.05) is 41.4 Å². The molecule has 2 N–H and O–H groups in total. The van der Waals surface area contributed by atoms with Crippen LogP contribution in [0, 0.1) is 5.92 Å². The summed E-state index contributed by atoms with van der Waals surface area (Å²) >= 11 is 11.9. The third kappa shape index (κ3) is 6.95. The molecular formula is C24H29Cl2N3O4S. The van der Waals surface area contributed by atoms with E-state index in [0.29, 0.717) is 46.2 Å². The summed E-state index contributed by atoms with van der Waals surface area (Å²) in [6.45, 7) is 6.05. The number of piperidine rings is 1. The molecule has 2 amide bonds. The first-order chi connectivity index (χ1) is 15.9. The fourth-order valence-corrected chi connectivity index (χ4v) is 5.69. The first-order valence-electron chi connectivity index (χ1n) is 11.0. The van der Waals surface area contributed by atoms with E-state index in [0.717, 1.165) is 0 Å². The SMILES string of the molecule is CC(C)(C)NC(=O)c1ccccc1NC(=O)C1CCCN(S(=O)(=O)Cc2ccc(Cl)c(Cl)c2)C1. The van der Waals surface area contributed by atoms with E-state index >= 15 is 0 Å². The van der Waals surface area contributed by atoms with Gasteiger partial charge in [0, 0.05) is 18.6 Å². The molecule has 1 aliphatic rings. The third-order valence-electron chi connectivity index (χ3n) is 5.40. The molecule has 0 bridgehead atoms. The first kappa shape index (κ1) is 26.5. The highest BCUT2D eigenvalue weighted by Gasteiger charge is 2.33. The van der Waals surface area contributed by atoms with Crippen molar-refractivity contribution in [3.05, 3.63) is 63.6 Å². The predicted molar refractivity (Wildman–Crippen MR) is 136 cm³/mol. The highest BCUT2D eigenvalue weighted by atomic mass is 35.5. The highest BCUT2D eigenvalue weighted by molar-refractivity contribution is 7.88. The number of sulfonamides is 1. The van der Waals surface area contributed by atoms with Crippen molar-refractivity contribution in [3.63, 3.8) is 0 Å². The number of halogens is 2. The lowest BCUT2D eigenvalue weighted by atomic mass is 9.98. The van der Waals surface area contributed by atoms with E-state index in [-0.39, 0.29) is 24.1 Å². The molecule has 3 rings (SSSR count). The Balaban J connectivity index is 1.70. The number of nitrogens with one attached hydrogen (secondary N) is 2. The van der Waals surface area contributed by atoms with Crippen molar-refractivity contribution >= 4 is 50.7 Å². The Hall–Kier alpha value is -2.13. The number of nitrogens with zero attached hydrogens (tertiary/aromatic N) is 1. The normalized spacial score (nSPS) is 17.3. The molecule has 1 heterocycles. The molecule has 184 valence electrons. The van der Waals surface area contributed by atoms with Crippen LogP contribution in [0.15, 0.2) is 42.5 Å². The second kappa shape index (κ2) is 10.6. The van der Waals surface area contributed by atoms with Crippen LogP contribution >= 0.6 is 23.2 Å². The van der Waals surface area contributed by atoms with E-state index in [4.69, 9.17) is 23.2 Å². The van der Waals surface area contributed by atoms with E-state index in [1.807, 2.05) is 20.8 Å². The molecule has 7 nitrogen and oxygen atoms in total. The third-order valence-corrected chi connectivity index (χ3v) is 7.96. The summed E-state index contributed by atoms with van der Waals surface area (Å²) in [7, 11) is -3.66. The average molecular weight is 526 g/mol. The maximum Gasteiger partial charge on any atom is 0.253 e. The van der Waals surface area contributed by atoms with Crippen LogP contribution in [0.25, 0.3) is 0 Å². The molecule has 1 saturated heterocycles. The summed E-state index contributed by atoms with van der Waals surface area (Å²) < 4.78 is 27.4. The van der Waals surface area contributed by atoms with Gasteiger partial charge in [-0.25, -0.2) is 12.7 Å². The van der Waals surface area contributed by atoms with Crippen LogP contribution in [0.1, 0.15) is 49.5 Å². The molecule has 34 heavy (non-hydrogen) atoms. The molecule has 1 fully saturated rings. The summed E-state index contributed by atoms with van der Waals surface area (Å²) in [5, 5.41) is 6.37. The lowest BCUT2D eigenvalue weighted by Gasteiger charge is -2.31. The van der Waals surface area contributed by atoms with Crippen LogP contribution in [-0.2, 0) is 20.6 Å². The maximum atomic E-state index is 13.0.